The second-order valence-corrected chi connectivity index (χ2v) is 8.09. The summed E-state index contributed by atoms with van der Waals surface area (Å²) < 4.78 is 0. The highest BCUT2D eigenvalue weighted by Gasteiger charge is 2.24. The molecule has 0 aromatic heterocycles. The third-order valence-corrected chi connectivity index (χ3v) is 5.52. The molecule has 7 nitrogen and oxygen atoms in total. The van der Waals surface area contributed by atoms with E-state index in [1.165, 1.54) is 10.5 Å². The Morgan fingerprint density at radius 3 is 2.39 bits per heavy atom. The third kappa shape index (κ3) is 5.03. The fourth-order valence-corrected chi connectivity index (χ4v) is 3.81. The minimum Gasteiger partial charge on any atom is -0.376 e. The molecule has 0 fully saturated rings. The number of anilines is 3. The van der Waals surface area contributed by atoms with Crippen molar-refractivity contribution in [2.24, 2.45) is 0 Å². The maximum absolute atomic E-state index is 12.9. The van der Waals surface area contributed by atoms with Crippen molar-refractivity contribution in [1.82, 2.24) is 4.90 Å². The van der Waals surface area contributed by atoms with E-state index in [1.54, 1.807) is 67.5 Å². The number of rotatable bonds is 6. The number of carbonyl (C=O) groups is 3. The Kier molecular flexibility index (Phi) is 6.40. The van der Waals surface area contributed by atoms with E-state index in [-0.39, 0.29) is 24.3 Å². The minimum absolute atomic E-state index is 0.0311. The third-order valence-electron chi connectivity index (χ3n) is 5.52. The van der Waals surface area contributed by atoms with Gasteiger partial charge in [-0.15, -0.1) is 0 Å². The molecule has 1 aliphatic heterocycles. The van der Waals surface area contributed by atoms with E-state index < -0.39 is 0 Å². The van der Waals surface area contributed by atoms with Gasteiger partial charge in [-0.05, 0) is 60.5 Å². The largest absolute Gasteiger partial charge is 0.376 e. The van der Waals surface area contributed by atoms with Gasteiger partial charge in [0.1, 0.15) is 0 Å². The summed E-state index contributed by atoms with van der Waals surface area (Å²) in [5.41, 5.74) is 4.56. The minimum atomic E-state index is -0.238. The van der Waals surface area contributed by atoms with Crippen molar-refractivity contribution in [1.29, 1.82) is 0 Å². The lowest BCUT2D eigenvalue weighted by Crippen LogP contribution is -2.28. The molecule has 4 rings (SSSR count). The van der Waals surface area contributed by atoms with Crippen LogP contribution < -0.4 is 15.5 Å². The Bertz CT molecular complexity index is 1190. The van der Waals surface area contributed by atoms with Crippen LogP contribution in [0.15, 0.2) is 72.8 Å². The summed E-state index contributed by atoms with van der Waals surface area (Å²) in [7, 11) is 3.36. The molecule has 33 heavy (non-hydrogen) atoms. The van der Waals surface area contributed by atoms with Gasteiger partial charge in [-0.25, -0.2) is 0 Å². The summed E-state index contributed by atoms with van der Waals surface area (Å²) in [5.74, 6) is -0.397. The number of hydrogen-bond donors (Lipinski definition) is 2. The van der Waals surface area contributed by atoms with Crippen molar-refractivity contribution in [2.75, 3.05) is 42.7 Å². The number of fused-ring (bicyclic) bond motifs is 1. The summed E-state index contributed by atoms with van der Waals surface area (Å²) in [6.45, 7) is 0.734. The molecule has 0 atom stereocenters. The number of nitrogens with one attached hydrogen (secondary N) is 2. The van der Waals surface area contributed by atoms with Crippen LogP contribution in [0.2, 0.25) is 0 Å². The molecule has 7 heteroatoms. The fourth-order valence-electron chi connectivity index (χ4n) is 3.81. The molecule has 3 aromatic rings. The first-order chi connectivity index (χ1) is 15.9. The summed E-state index contributed by atoms with van der Waals surface area (Å²) in [6, 6.07) is 21.9. The van der Waals surface area contributed by atoms with Crippen molar-refractivity contribution in [2.45, 2.75) is 6.42 Å². The predicted molar refractivity (Wildman–Crippen MR) is 130 cm³/mol. The molecule has 1 heterocycles. The van der Waals surface area contributed by atoms with Gasteiger partial charge in [-0.2, -0.15) is 0 Å². The number of benzene rings is 3. The maximum atomic E-state index is 12.9. The Labute approximate surface area is 193 Å². The van der Waals surface area contributed by atoms with Gasteiger partial charge in [0.15, 0.2) is 0 Å². The van der Waals surface area contributed by atoms with Crippen molar-refractivity contribution in [3.63, 3.8) is 0 Å². The lowest BCUT2D eigenvalue weighted by Gasteiger charge is -2.17. The normalized spacial score (nSPS) is 12.1. The molecular formula is C26H26N4O3. The lowest BCUT2D eigenvalue weighted by atomic mass is 10.1. The van der Waals surface area contributed by atoms with Crippen LogP contribution in [0.1, 0.15) is 26.3 Å². The zero-order valence-corrected chi connectivity index (χ0v) is 18.7. The standard InChI is InChI=1S/C26H26N4O3/c1-29(2)25(32)20-7-5-8-22(16-20)28-24(31)17-27-21-12-10-19(11-13-21)26(33)30-15-14-18-6-3-4-9-23(18)30/h3-13,16,27H,14-15,17H2,1-2H3,(H,28,31). The van der Waals surface area contributed by atoms with Gasteiger partial charge in [0.2, 0.25) is 5.91 Å². The highest BCUT2D eigenvalue weighted by Crippen LogP contribution is 2.29. The molecule has 3 aromatic carbocycles. The molecule has 0 saturated heterocycles. The van der Waals surface area contributed by atoms with E-state index in [4.69, 9.17) is 0 Å². The molecule has 3 amide bonds. The van der Waals surface area contributed by atoms with E-state index in [0.717, 1.165) is 17.8 Å². The average molecular weight is 443 g/mol. The van der Waals surface area contributed by atoms with E-state index in [9.17, 15) is 14.4 Å². The number of carbonyl (C=O) groups excluding carboxylic acids is 3. The highest BCUT2D eigenvalue weighted by atomic mass is 16.2. The van der Waals surface area contributed by atoms with E-state index >= 15 is 0 Å². The molecule has 168 valence electrons. The van der Waals surface area contributed by atoms with Gasteiger partial charge in [-0.1, -0.05) is 24.3 Å². The van der Waals surface area contributed by atoms with Crippen molar-refractivity contribution in [3.05, 3.63) is 89.5 Å². The quantitative estimate of drug-likeness (QED) is 0.611. The van der Waals surface area contributed by atoms with Crippen LogP contribution in [0.5, 0.6) is 0 Å². The van der Waals surface area contributed by atoms with Crippen LogP contribution in [0.4, 0.5) is 17.1 Å². The molecule has 0 saturated carbocycles. The molecular weight excluding hydrogens is 416 g/mol. The zero-order valence-electron chi connectivity index (χ0n) is 18.7. The second kappa shape index (κ2) is 9.56. The van der Waals surface area contributed by atoms with Crippen molar-refractivity contribution < 1.29 is 14.4 Å². The summed E-state index contributed by atoms with van der Waals surface area (Å²) in [5, 5.41) is 5.85. The Morgan fingerprint density at radius 2 is 1.64 bits per heavy atom. The smallest absolute Gasteiger partial charge is 0.258 e. The number of amides is 3. The van der Waals surface area contributed by atoms with Gasteiger partial charge in [0, 0.05) is 48.8 Å². The monoisotopic (exact) mass is 442 g/mol. The summed E-state index contributed by atoms with van der Waals surface area (Å²) in [6.07, 6.45) is 0.864. The maximum Gasteiger partial charge on any atom is 0.258 e. The van der Waals surface area contributed by atoms with Crippen LogP contribution in [0, 0.1) is 0 Å². The first-order valence-corrected chi connectivity index (χ1v) is 10.8. The molecule has 2 N–H and O–H groups in total. The van der Waals surface area contributed by atoms with Gasteiger partial charge < -0.3 is 20.4 Å². The van der Waals surface area contributed by atoms with Crippen LogP contribution in [-0.2, 0) is 11.2 Å². The van der Waals surface area contributed by atoms with Crippen LogP contribution >= 0.6 is 0 Å². The zero-order chi connectivity index (χ0) is 23.4. The highest BCUT2D eigenvalue weighted by molar-refractivity contribution is 6.07. The van der Waals surface area contributed by atoms with Gasteiger partial charge in [0.25, 0.3) is 11.8 Å². The topological polar surface area (TPSA) is 81.8 Å². The molecule has 0 aliphatic carbocycles. The van der Waals surface area contributed by atoms with Crippen LogP contribution in [0.25, 0.3) is 0 Å². The second-order valence-electron chi connectivity index (χ2n) is 8.09. The Hall–Kier alpha value is -4.13. The van der Waals surface area contributed by atoms with E-state index in [0.29, 0.717) is 23.4 Å². The lowest BCUT2D eigenvalue weighted by molar-refractivity contribution is -0.114. The van der Waals surface area contributed by atoms with Crippen molar-refractivity contribution in [3.8, 4) is 0 Å². The Morgan fingerprint density at radius 1 is 0.879 bits per heavy atom. The Balaban J connectivity index is 1.33. The predicted octanol–water partition coefficient (Wildman–Crippen LogP) is 3.64. The molecule has 0 unspecified atom stereocenters. The molecule has 0 spiro atoms. The van der Waals surface area contributed by atoms with Crippen LogP contribution in [-0.4, -0.2) is 49.8 Å². The van der Waals surface area contributed by atoms with E-state index in [2.05, 4.69) is 16.7 Å². The summed E-state index contributed by atoms with van der Waals surface area (Å²) in [4.78, 5) is 40.6. The number of para-hydroxylation sites is 1. The van der Waals surface area contributed by atoms with Gasteiger partial charge in [0.05, 0.1) is 6.54 Å². The van der Waals surface area contributed by atoms with Crippen LogP contribution in [0.3, 0.4) is 0 Å². The fraction of sp³-hybridized carbons (Fsp3) is 0.192. The van der Waals surface area contributed by atoms with E-state index in [1.807, 2.05) is 18.2 Å². The molecule has 0 radical (unpaired) electrons. The number of hydrogen-bond acceptors (Lipinski definition) is 4. The first kappa shape index (κ1) is 22.1. The van der Waals surface area contributed by atoms with Crippen molar-refractivity contribution >= 4 is 34.8 Å². The van der Waals surface area contributed by atoms with Gasteiger partial charge >= 0.3 is 0 Å². The number of nitrogens with zero attached hydrogens (tertiary/aromatic N) is 2. The molecule has 0 bridgehead atoms. The first-order valence-electron chi connectivity index (χ1n) is 10.8. The van der Waals surface area contributed by atoms with Gasteiger partial charge in [-0.3, -0.25) is 14.4 Å². The average Bonchev–Trinajstić information content (AvgIpc) is 3.26. The SMILES string of the molecule is CN(C)C(=O)c1cccc(NC(=O)CNc2ccc(C(=O)N3CCc4ccccc43)cc2)c1. The summed E-state index contributed by atoms with van der Waals surface area (Å²) >= 11 is 0. The molecule has 1 aliphatic rings.